The van der Waals surface area contributed by atoms with Crippen LogP contribution in [-0.4, -0.2) is 45.9 Å². The number of non-ortho nitro benzene ring substituents is 1. The summed E-state index contributed by atoms with van der Waals surface area (Å²) in [6, 6.07) is 16.0. The van der Waals surface area contributed by atoms with Crippen molar-refractivity contribution in [2.45, 2.75) is 6.04 Å². The summed E-state index contributed by atoms with van der Waals surface area (Å²) in [6.45, 7) is 0. The van der Waals surface area contributed by atoms with Gasteiger partial charge in [0.1, 0.15) is 5.76 Å². The molecular formula is C26H20N4O7. The Morgan fingerprint density at radius 3 is 2.49 bits per heavy atom. The molecule has 11 nitrogen and oxygen atoms in total. The SMILES string of the molecule is COc1ccc(C2/C(=C(\O)c3cccc([N+](=O)[O-])c3)C(=O)C(=O)N2c2nc3ccccc3[nH]2)cc1OC. The molecule has 0 bridgehead atoms. The van der Waals surface area contributed by atoms with Crippen LogP contribution in [0.3, 0.4) is 0 Å². The molecule has 11 heteroatoms. The molecule has 37 heavy (non-hydrogen) atoms. The Balaban J connectivity index is 1.75. The van der Waals surface area contributed by atoms with E-state index in [1.165, 1.54) is 32.4 Å². The second-order valence-electron chi connectivity index (χ2n) is 8.17. The number of methoxy groups -OCH3 is 2. The molecule has 0 radical (unpaired) electrons. The van der Waals surface area contributed by atoms with Gasteiger partial charge in [-0.25, -0.2) is 4.98 Å². The smallest absolute Gasteiger partial charge is 0.302 e. The van der Waals surface area contributed by atoms with Crippen LogP contribution < -0.4 is 14.4 Å². The number of nitrogens with zero attached hydrogens (tertiary/aromatic N) is 3. The highest BCUT2D eigenvalue weighted by molar-refractivity contribution is 6.51. The normalized spacial score (nSPS) is 16.8. The summed E-state index contributed by atoms with van der Waals surface area (Å²) in [6.07, 6.45) is 0. The van der Waals surface area contributed by atoms with E-state index in [-0.39, 0.29) is 22.8 Å². The number of Topliss-reactive ketones (excluding diaryl/α,β-unsaturated/α-hetero) is 1. The van der Waals surface area contributed by atoms with Crippen LogP contribution >= 0.6 is 0 Å². The lowest BCUT2D eigenvalue weighted by Gasteiger charge is -2.23. The number of aliphatic hydroxyl groups is 1. The number of anilines is 1. The zero-order chi connectivity index (χ0) is 26.3. The molecule has 1 amide bonds. The molecule has 0 saturated carbocycles. The van der Waals surface area contributed by atoms with Crippen molar-refractivity contribution in [1.29, 1.82) is 0 Å². The van der Waals surface area contributed by atoms with Gasteiger partial charge in [-0.15, -0.1) is 0 Å². The number of fused-ring (bicyclic) bond motifs is 1. The van der Waals surface area contributed by atoms with E-state index < -0.39 is 28.4 Å². The number of aromatic amines is 1. The van der Waals surface area contributed by atoms with Gasteiger partial charge in [0.2, 0.25) is 5.95 Å². The van der Waals surface area contributed by atoms with E-state index in [0.29, 0.717) is 28.1 Å². The number of imidazole rings is 1. The standard InChI is InChI=1S/C26H20N4O7/c1-36-19-11-10-14(13-20(19)37-2)22-21(23(31)15-6-5-7-16(12-15)30(34)35)24(32)25(33)29(22)26-27-17-8-3-4-9-18(17)28-26/h3-13,22,31H,1-2H3,(H,27,28)/b23-21+. The Morgan fingerprint density at radius 2 is 1.78 bits per heavy atom. The van der Waals surface area contributed by atoms with E-state index in [1.54, 1.807) is 42.5 Å². The number of aromatic nitrogens is 2. The quantitative estimate of drug-likeness (QED) is 0.132. The summed E-state index contributed by atoms with van der Waals surface area (Å²) in [5.74, 6) is -1.59. The first-order chi connectivity index (χ1) is 17.8. The van der Waals surface area contributed by atoms with Gasteiger partial charge >= 0.3 is 5.91 Å². The van der Waals surface area contributed by atoms with Gasteiger partial charge in [-0.3, -0.25) is 24.6 Å². The minimum Gasteiger partial charge on any atom is -0.507 e. The Labute approximate surface area is 209 Å². The Kier molecular flexibility index (Phi) is 5.80. The summed E-state index contributed by atoms with van der Waals surface area (Å²) in [5.41, 5.74) is 1.12. The number of rotatable bonds is 6. The van der Waals surface area contributed by atoms with E-state index in [1.807, 2.05) is 0 Å². The van der Waals surface area contributed by atoms with Gasteiger partial charge in [-0.2, -0.15) is 0 Å². The van der Waals surface area contributed by atoms with Crippen molar-refractivity contribution in [1.82, 2.24) is 9.97 Å². The molecule has 0 spiro atoms. The third-order valence-electron chi connectivity index (χ3n) is 6.10. The van der Waals surface area contributed by atoms with Gasteiger partial charge in [0.25, 0.3) is 11.5 Å². The number of H-pyrrole nitrogens is 1. The lowest BCUT2D eigenvalue weighted by molar-refractivity contribution is -0.384. The van der Waals surface area contributed by atoms with Crippen LogP contribution in [0.15, 0.2) is 72.3 Å². The lowest BCUT2D eigenvalue weighted by atomic mass is 9.95. The van der Waals surface area contributed by atoms with Gasteiger partial charge in [0.15, 0.2) is 11.5 Å². The fourth-order valence-electron chi connectivity index (χ4n) is 4.36. The summed E-state index contributed by atoms with van der Waals surface area (Å²) < 4.78 is 10.7. The monoisotopic (exact) mass is 500 g/mol. The molecule has 5 rings (SSSR count). The Hall–Kier alpha value is -5.19. The highest BCUT2D eigenvalue weighted by Crippen LogP contribution is 2.43. The average molecular weight is 500 g/mol. The van der Waals surface area contributed by atoms with Crippen LogP contribution in [0.4, 0.5) is 11.6 Å². The van der Waals surface area contributed by atoms with Crippen molar-refractivity contribution in [3.05, 3.63) is 93.5 Å². The van der Waals surface area contributed by atoms with Gasteiger partial charge in [-0.1, -0.05) is 30.3 Å². The molecule has 1 fully saturated rings. The number of ketones is 1. The van der Waals surface area contributed by atoms with Crippen molar-refractivity contribution in [3.8, 4) is 11.5 Å². The first-order valence-electron chi connectivity index (χ1n) is 11.1. The second-order valence-corrected chi connectivity index (χ2v) is 8.17. The molecule has 1 saturated heterocycles. The fourth-order valence-corrected chi connectivity index (χ4v) is 4.36. The number of carbonyl (C=O) groups excluding carboxylic acids is 2. The Bertz CT molecular complexity index is 1570. The highest BCUT2D eigenvalue weighted by atomic mass is 16.6. The number of nitro groups is 1. The number of carbonyl (C=O) groups is 2. The van der Waals surface area contributed by atoms with Gasteiger partial charge in [0.05, 0.1) is 41.8 Å². The Morgan fingerprint density at radius 1 is 1.03 bits per heavy atom. The van der Waals surface area contributed by atoms with E-state index in [2.05, 4.69) is 9.97 Å². The van der Waals surface area contributed by atoms with Gasteiger partial charge in [0, 0.05) is 17.7 Å². The maximum absolute atomic E-state index is 13.4. The third-order valence-corrected chi connectivity index (χ3v) is 6.10. The molecule has 3 aromatic carbocycles. The summed E-state index contributed by atoms with van der Waals surface area (Å²) in [5, 5.41) is 22.5. The van der Waals surface area contributed by atoms with Crippen LogP contribution in [0.2, 0.25) is 0 Å². The molecule has 2 heterocycles. The number of nitrogens with one attached hydrogen (secondary N) is 1. The molecule has 4 aromatic rings. The number of aliphatic hydroxyl groups excluding tert-OH is 1. The van der Waals surface area contributed by atoms with Crippen molar-refractivity contribution >= 4 is 40.1 Å². The van der Waals surface area contributed by atoms with Crippen LogP contribution in [0.1, 0.15) is 17.2 Å². The van der Waals surface area contributed by atoms with Crippen LogP contribution in [-0.2, 0) is 9.59 Å². The molecule has 2 N–H and O–H groups in total. The van der Waals surface area contributed by atoms with Crippen molar-refractivity contribution < 1.29 is 29.1 Å². The van der Waals surface area contributed by atoms with Crippen LogP contribution in [0.25, 0.3) is 16.8 Å². The number of hydrogen-bond donors (Lipinski definition) is 2. The molecule has 1 unspecified atom stereocenters. The molecule has 0 aliphatic carbocycles. The lowest BCUT2D eigenvalue weighted by Crippen LogP contribution is -2.30. The van der Waals surface area contributed by atoms with Crippen molar-refractivity contribution in [3.63, 3.8) is 0 Å². The van der Waals surface area contributed by atoms with E-state index >= 15 is 0 Å². The largest absolute Gasteiger partial charge is 0.507 e. The number of nitro benzene ring substituents is 1. The first-order valence-corrected chi connectivity index (χ1v) is 11.1. The number of benzene rings is 3. The number of amides is 1. The van der Waals surface area contributed by atoms with E-state index in [9.17, 15) is 24.8 Å². The number of ether oxygens (including phenoxy) is 2. The second kappa shape index (κ2) is 9.11. The van der Waals surface area contributed by atoms with Crippen LogP contribution in [0.5, 0.6) is 11.5 Å². The maximum atomic E-state index is 13.4. The number of hydrogen-bond acceptors (Lipinski definition) is 8. The molecule has 1 aliphatic heterocycles. The maximum Gasteiger partial charge on any atom is 0.302 e. The third kappa shape index (κ3) is 3.92. The predicted octanol–water partition coefficient (Wildman–Crippen LogP) is 4.11. The van der Waals surface area contributed by atoms with E-state index in [0.717, 1.165) is 11.0 Å². The first kappa shape index (κ1) is 23.5. The van der Waals surface area contributed by atoms with Crippen molar-refractivity contribution in [2.75, 3.05) is 19.1 Å². The summed E-state index contributed by atoms with van der Waals surface area (Å²) in [7, 11) is 2.92. The van der Waals surface area contributed by atoms with Gasteiger partial charge in [-0.05, 0) is 29.8 Å². The minimum atomic E-state index is -1.13. The van der Waals surface area contributed by atoms with Crippen molar-refractivity contribution in [2.24, 2.45) is 0 Å². The minimum absolute atomic E-state index is 0.0160. The molecule has 186 valence electrons. The zero-order valence-electron chi connectivity index (χ0n) is 19.7. The summed E-state index contributed by atoms with van der Waals surface area (Å²) >= 11 is 0. The van der Waals surface area contributed by atoms with E-state index in [4.69, 9.17) is 9.47 Å². The summed E-state index contributed by atoms with van der Waals surface area (Å²) in [4.78, 5) is 46.1. The fraction of sp³-hybridized carbons (Fsp3) is 0.115. The molecule has 1 atom stereocenters. The molecular weight excluding hydrogens is 480 g/mol. The number of para-hydroxylation sites is 2. The van der Waals surface area contributed by atoms with Gasteiger partial charge < -0.3 is 19.6 Å². The van der Waals surface area contributed by atoms with Crippen LogP contribution in [0, 0.1) is 10.1 Å². The average Bonchev–Trinajstić information content (AvgIpc) is 3.46. The zero-order valence-corrected chi connectivity index (χ0v) is 19.7. The predicted molar refractivity (Wildman–Crippen MR) is 134 cm³/mol. The molecule has 1 aliphatic rings. The molecule has 1 aromatic heterocycles. The highest BCUT2D eigenvalue weighted by Gasteiger charge is 2.48. The topological polar surface area (TPSA) is 148 Å².